The molecule has 0 aliphatic carbocycles. The molecule has 0 amide bonds. The Hall–Kier alpha value is -3.65. The van der Waals surface area contributed by atoms with Crippen LogP contribution in [0.25, 0.3) is 22.3 Å². The van der Waals surface area contributed by atoms with E-state index in [-0.39, 0.29) is 6.10 Å². The van der Waals surface area contributed by atoms with Gasteiger partial charge < -0.3 is 20.5 Å². The minimum atomic E-state index is 0.180. The largest absolute Gasteiger partial charge is 0.457 e. The fourth-order valence-electron chi connectivity index (χ4n) is 3.74. The van der Waals surface area contributed by atoms with E-state index in [4.69, 9.17) is 20.2 Å². The van der Waals surface area contributed by atoms with Crippen LogP contribution in [0, 0.1) is 0 Å². The third-order valence-corrected chi connectivity index (χ3v) is 5.34. The fraction of sp³-hybridized carbons (Fsp3) is 0.261. The third kappa shape index (κ3) is 4.02. The third-order valence-electron chi connectivity index (χ3n) is 5.34. The number of ether oxygens (including phenoxy) is 2. The quantitative estimate of drug-likeness (QED) is 0.490. The monoisotopic (exact) mass is 416 g/mol. The number of hydrogen-bond acceptors (Lipinski definition) is 7. The van der Waals surface area contributed by atoms with Crippen LogP contribution in [0.3, 0.4) is 0 Å². The molecule has 1 aliphatic heterocycles. The number of para-hydroxylation sites is 1. The number of nitrogen functional groups attached to an aromatic ring is 1. The first-order valence-electron chi connectivity index (χ1n) is 10.4. The van der Waals surface area contributed by atoms with Crippen molar-refractivity contribution >= 4 is 22.8 Å². The van der Waals surface area contributed by atoms with Crippen molar-refractivity contribution in [2.75, 3.05) is 24.2 Å². The molecule has 0 saturated carbocycles. The van der Waals surface area contributed by atoms with Crippen molar-refractivity contribution in [2.45, 2.75) is 18.9 Å². The van der Waals surface area contributed by atoms with Crippen molar-refractivity contribution in [1.29, 1.82) is 0 Å². The van der Waals surface area contributed by atoms with Gasteiger partial charge in [-0.2, -0.15) is 10.1 Å². The van der Waals surface area contributed by atoms with Crippen LogP contribution >= 0.6 is 0 Å². The summed E-state index contributed by atoms with van der Waals surface area (Å²) in [4.78, 5) is 9.36. The van der Waals surface area contributed by atoms with Crippen molar-refractivity contribution in [2.24, 2.45) is 7.05 Å². The smallest absolute Gasteiger partial charge is 0.225 e. The molecule has 0 bridgehead atoms. The van der Waals surface area contributed by atoms with Gasteiger partial charge in [0.25, 0.3) is 0 Å². The van der Waals surface area contributed by atoms with Crippen LogP contribution in [0.4, 0.5) is 11.8 Å². The van der Waals surface area contributed by atoms with Crippen molar-refractivity contribution in [3.63, 3.8) is 0 Å². The second kappa shape index (κ2) is 8.23. The molecule has 1 unspecified atom stereocenters. The number of benzene rings is 2. The lowest BCUT2D eigenvalue weighted by molar-refractivity contribution is 0.120. The Morgan fingerprint density at radius 1 is 1.13 bits per heavy atom. The maximum Gasteiger partial charge on any atom is 0.225 e. The molecule has 8 nitrogen and oxygen atoms in total. The molecule has 5 rings (SSSR count). The van der Waals surface area contributed by atoms with Gasteiger partial charge in [-0.1, -0.05) is 30.3 Å². The standard InChI is InChI=1S/C23H24N6O2/c1-29-21(24)19-20(15-7-5-10-17(13-15)31-16-8-3-2-4-9-16)26-23(27-22(19)28-29)25-14-18-11-6-12-30-18/h2-5,7-10,13,18H,6,11-12,14,24H2,1H3,(H,25,27,28). The molecule has 2 aromatic heterocycles. The fourth-order valence-corrected chi connectivity index (χ4v) is 3.74. The van der Waals surface area contributed by atoms with Gasteiger partial charge in [-0.15, -0.1) is 0 Å². The molecule has 1 aliphatic rings. The van der Waals surface area contributed by atoms with Gasteiger partial charge in [-0.3, -0.25) is 4.68 Å². The van der Waals surface area contributed by atoms with E-state index < -0.39 is 0 Å². The zero-order valence-corrected chi connectivity index (χ0v) is 17.3. The Kier molecular flexibility index (Phi) is 5.13. The van der Waals surface area contributed by atoms with E-state index in [1.807, 2.05) is 54.6 Å². The first kappa shape index (κ1) is 19.3. The molecule has 0 spiro atoms. The molecule has 1 atom stereocenters. The summed E-state index contributed by atoms with van der Waals surface area (Å²) >= 11 is 0. The highest BCUT2D eigenvalue weighted by Crippen LogP contribution is 2.33. The Morgan fingerprint density at radius 3 is 2.77 bits per heavy atom. The maximum atomic E-state index is 6.31. The zero-order valence-electron chi connectivity index (χ0n) is 17.3. The number of aryl methyl sites for hydroxylation is 1. The molecule has 8 heteroatoms. The van der Waals surface area contributed by atoms with Gasteiger partial charge in [0.15, 0.2) is 5.65 Å². The van der Waals surface area contributed by atoms with Crippen LogP contribution in [0.1, 0.15) is 12.8 Å². The van der Waals surface area contributed by atoms with Gasteiger partial charge >= 0.3 is 0 Å². The molecule has 3 heterocycles. The minimum absolute atomic E-state index is 0.180. The SMILES string of the molecule is Cn1nc2nc(NCC3CCCO3)nc(-c3cccc(Oc4ccccc4)c3)c2c1N. The van der Waals surface area contributed by atoms with E-state index in [9.17, 15) is 0 Å². The van der Waals surface area contributed by atoms with E-state index in [0.717, 1.165) is 36.1 Å². The second-order valence-electron chi connectivity index (χ2n) is 7.56. The highest BCUT2D eigenvalue weighted by molar-refractivity contribution is 5.99. The number of aromatic nitrogens is 4. The normalized spacial score (nSPS) is 16.0. The first-order valence-corrected chi connectivity index (χ1v) is 10.4. The van der Waals surface area contributed by atoms with Gasteiger partial charge in [-0.25, -0.2) is 4.98 Å². The summed E-state index contributed by atoms with van der Waals surface area (Å²) in [6.07, 6.45) is 2.30. The highest BCUT2D eigenvalue weighted by atomic mass is 16.5. The van der Waals surface area contributed by atoms with E-state index >= 15 is 0 Å². The molecular formula is C23H24N6O2. The van der Waals surface area contributed by atoms with E-state index in [2.05, 4.69) is 15.4 Å². The average Bonchev–Trinajstić information content (AvgIpc) is 3.41. The van der Waals surface area contributed by atoms with Crippen molar-refractivity contribution in [3.8, 4) is 22.8 Å². The van der Waals surface area contributed by atoms with E-state index in [0.29, 0.717) is 35.4 Å². The molecule has 2 aromatic carbocycles. The summed E-state index contributed by atoms with van der Waals surface area (Å²) in [7, 11) is 1.80. The van der Waals surface area contributed by atoms with E-state index in [1.165, 1.54) is 0 Å². The number of nitrogens with two attached hydrogens (primary N) is 1. The Labute approximate surface area is 180 Å². The van der Waals surface area contributed by atoms with Gasteiger partial charge in [-0.05, 0) is 37.1 Å². The summed E-state index contributed by atoms with van der Waals surface area (Å²) in [6.45, 7) is 1.47. The topological polar surface area (TPSA) is 100 Å². The Morgan fingerprint density at radius 2 is 1.97 bits per heavy atom. The predicted octanol–water partition coefficient (Wildman–Crippen LogP) is 4.00. The summed E-state index contributed by atoms with van der Waals surface area (Å²) in [5.74, 6) is 2.51. The number of rotatable bonds is 6. The number of nitrogens with zero attached hydrogens (tertiary/aromatic N) is 4. The predicted molar refractivity (Wildman–Crippen MR) is 120 cm³/mol. The lowest BCUT2D eigenvalue weighted by Gasteiger charge is -2.12. The second-order valence-corrected chi connectivity index (χ2v) is 7.56. The van der Waals surface area contributed by atoms with Gasteiger partial charge in [0.05, 0.1) is 17.2 Å². The van der Waals surface area contributed by atoms with Crippen LogP contribution in [0.15, 0.2) is 54.6 Å². The molecule has 4 aromatic rings. The van der Waals surface area contributed by atoms with Crippen molar-refractivity contribution in [1.82, 2.24) is 19.7 Å². The van der Waals surface area contributed by atoms with Crippen LogP contribution in [0.5, 0.6) is 11.5 Å². The molecule has 158 valence electrons. The van der Waals surface area contributed by atoms with Gasteiger partial charge in [0.2, 0.25) is 5.95 Å². The van der Waals surface area contributed by atoms with Crippen LogP contribution < -0.4 is 15.8 Å². The molecule has 1 fully saturated rings. The number of hydrogen-bond donors (Lipinski definition) is 2. The summed E-state index contributed by atoms with van der Waals surface area (Å²) in [5, 5.41) is 8.50. The van der Waals surface area contributed by atoms with Crippen LogP contribution in [0.2, 0.25) is 0 Å². The van der Waals surface area contributed by atoms with Gasteiger partial charge in [0, 0.05) is 25.8 Å². The molecule has 1 saturated heterocycles. The lowest BCUT2D eigenvalue weighted by atomic mass is 10.1. The van der Waals surface area contributed by atoms with Crippen LogP contribution in [-0.4, -0.2) is 39.0 Å². The number of nitrogens with one attached hydrogen (secondary N) is 1. The summed E-state index contributed by atoms with van der Waals surface area (Å²) in [6, 6.07) is 17.5. The van der Waals surface area contributed by atoms with Gasteiger partial charge in [0.1, 0.15) is 17.3 Å². The lowest BCUT2D eigenvalue weighted by Crippen LogP contribution is -2.19. The highest BCUT2D eigenvalue weighted by Gasteiger charge is 2.19. The first-order chi connectivity index (χ1) is 15.2. The van der Waals surface area contributed by atoms with Crippen LogP contribution in [-0.2, 0) is 11.8 Å². The van der Waals surface area contributed by atoms with Crippen molar-refractivity contribution < 1.29 is 9.47 Å². The number of fused-ring (bicyclic) bond motifs is 1. The van der Waals surface area contributed by atoms with Crippen molar-refractivity contribution in [3.05, 3.63) is 54.6 Å². The maximum absolute atomic E-state index is 6.31. The molecule has 31 heavy (non-hydrogen) atoms. The Bertz CT molecular complexity index is 1200. The van der Waals surface area contributed by atoms with E-state index in [1.54, 1.807) is 11.7 Å². The summed E-state index contributed by atoms with van der Waals surface area (Å²) in [5.41, 5.74) is 8.45. The molecule has 3 N–H and O–H groups in total. The Balaban J connectivity index is 1.52. The summed E-state index contributed by atoms with van der Waals surface area (Å²) < 4.78 is 13.3. The number of anilines is 2. The molecular weight excluding hydrogens is 392 g/mol. The average molecular weight is 416 g/mol. The minimum Gasteiger partial charge on any atom is -0.457 e. The zero-order chi connectivity index (χ0) is 21.2. The molecule has 0 radical (unpaired) electrons.